The summed E-state index contributed by atoms with van der Waals surface area (Å²) in [6, 6.07) is 6.13. The van der Waals surface area contributed by atoms with Crippen molar-refractivity contribution in [3.05, 3.63) is 36.3 Å². The lowest BCUT2D eigenvalue weighted by atomic mass is 9.96. The van der Waals surface area contributed by atoms with Gasteiger partial charge in [-0.1, -0.05) is 25.8 Å². The van der Waals surface area contributed by atoms with Gasteiger partial charge in [-0.2, -0.15) is 4.98 Å². The summed E-state index contributed by atoms with van der Waals surface area (Å²) in [4.78, 5) is 22.9. The largest absolute Gasteiger partial charge is 0.394 e. The lowest BCUT2D eigenvalue weighted by Crippen LogP contribution is -2.43. The Kier molecular flexibility index (Phi) is 7.55. The molecule has 0 aromatic carbocycles. The zero-order valence-corrected chi connectivity index (χ0v) is 20.5. The molecule has 9 heteroatoms. The van der Waals surface area contributed by atoms with Crippen LogP contribution in [0.25, 0.3) is 22.2 Å². The van der Waals surface area contributed by atoms with Gasteiger partial charge in [-0.25, -0.2) is 4.98 Å². The van der Waals surface area contributed by atoms with Gasteiger partial charge in [0.05, 0.1) is 23.4 Å². The Morgan fingerprint density at radius 2 is 1.85 bits per heavy atom. The summed E-state index contributed by atoms with van der Waals surface area (Å²) in [6.07, 6.45) is 6.57. The van der Waals surface area contributed by atoms with Crippen LogP contribution in [0, 0.1) is 0 Å². The third-order valence-electron chi connectivity index (χ3n) is 6.54. The van der Waals surface area contributed by atoms with Gasteiger partial charge in [-0.3, -0.25) is 14.9 Å². The van der Waals surface area contributed by atoms with Crippen LogP contribution in [-0.2, 0) is 6.54 Å². The van der Waals surface area contributed by atoms with E-state index in [1.165, 1.54) is 0 Å². The molecule has 0 amide bonds. The maximum Gasteiger partial charge on any atom is 0.222 e. The van der Waals surface area contributed by atoms with Gasteiger partial charge >= 0.3 is 0 Å². The number of aromatic nitrogens is 4. The molecule has 4 rings (SSSR count). The molecule has 4 N–H and O–H groups in total. The molecule has 0 aliphatic carbocycles. The maximum atomic E-state index is 9.98. The quantitative estimate of drug-likeness (QED) is 0.439. The van der Waals surface area contributed by atoms with Crippen molar-refractivity contribution >= 4 is 22.8 Å². The standard InChI is InChI=1S/C25H36N8O/c1-4-5-8-25(2,17-34)31-23-22-21(29-24(26)30-23)13-19(15-28-22)18-6-7-20(27-14-18)16-33-11-9-32(3)10-12-33/h6-7,13-15,34H,4-5,8-12,16-17H2,1-3H3,(H3,26,29,30,31). The fraction of sp³-hybridized carbons (Fsp3) is 0.520. The van der Waals surface area contributed by atoms with Crippen molar-refractivity contribution in [1.82, 2.24) is 29.7 Å². The predicted octanol–water partition coefficient (Wildman–Crippen LogP) is 2.77. The van der Waals surface area contributed by atoms with Gasteiger partial charge in [0.25, 0.3) is 0 Å². The van der Waals surface area contributed by atoms with Gasteiger partial charge in [0, 0.05) is 56.2 Å². The first-order valence-corrected chi connectivity index (χ1v) is 12.1. The molecule has 4 heterocycles. The molecule has 3 aromatic rings. The highest BCUT2D eigenvalue weighted by Crippen LogP contribution is 2.28. The number of anilines is 2. The van der Waals surface area contributed by atoms with Crippen LogP contribution in [0.2, 0.25) is 0 Å². The van der Waals surface area contributed by atoms with Crippen LogP contribution in [0.1, 0.15) is 38.8 Å². The Hall–Kier alpha value is -2.88. The molecule has 0 bridgehead atoms. The van der Waals surface area contributed by atoms with Crippen molar-refractivity contribution in [2.24, 2.45) is 0 Å². The molecule has 1 aliphatic rings. The fourth-order valence-electron chi connectivity index (χ4n) is 4.24. The molecular formula is C25H36N8O. The van der Waals surface area contributed by atoms with Crippen molar-refractivity contribution in [2.45, 2.75) is 45.2 Å². The molecule has 0 saturated carbocycles. The number of aliphatic hydroxyl groups excluding tert-OH is 1. The summed E-state index contributed by atoms with van der Waals surface area (Å²) in [5.41, 5.74) is 9.77. The minimum Gasteiger partial charge on any atom is -0.394 e. The maximum absolute atomic E-state index is 9.98. The highest BCUT2D eigenvalue weighted by atomic mass is 16.3. The van der Waals surface area contributed by atoms with Gasteiger partial charge in [-0.15, -0.1) is 0 Å². The van der Waals surface area contributed by atoms with Crippen LogP contribution < -0.4 is 11.1 Å². The van der Waals surface area contributed by atoms with E-state index in [0.717, 1.165) is 68.8 Å². The summed E-state index contributed by atoms with van der Waals surface area (Å²) >= 11 is 0. The molecular weight excluding hydrogens is 428 g/mol. The van der Waals surface area contributed by atoms with E-state index in [9.17, 15) is 5.11 Å². The number of nitrogens with two attached hydrogens (primary N) is 1. The van der Waals surface area contributed by atoms with E-state index in [4.69, 9.17) is 10.7 Å². The van der Waals surface area contributed by atoms with Crippen LogP contribution in [0.5, 0.6) is 0 Å². The SMILES string of the molecule is CCCCC(C)(CO)Nc1nc(N)nc2cc(-c3ccc(CN4CCN(C)CC4)nc3)cnc12. The first kappa shape index (κ1) is 24.3. The lowest BCUT2D eigenvalue weighted by molar-refractivity contribution is 0.147. The van der Waals surface area contributed by atoms with Crippen molar-refractivity contribution in [2.75, 3.05) is 50.9 Å². The minimum absolute atomic E-state index is 0.0113. The number of piperazine rings is 1. The van der Waals surface area contributed by atoms with Crippen LogP contribution in [0.4, 0.5) is 11.8 Å². The Bertz CT molecular complexity index is 1100. The van der Waals surface area contributed by atoms with E-state index in [1.54, 1.807) is 0 Å². The van der Waals surface area contributed by atoms with Crippen LogP contribution in [0.3, 0.4) is 0 Å². The van der Waals surface area contributed by atoms with E-state index < -0.39 is 5.54 Å². The van der Waals surface area contributed by atoms with Crippen LogP contribution in [0.15, 0.2) is 30.6 Å². The number of rotatable bonds is 9. The van der Waals surface area contributed by atoms with E-state index in [0.29, 0.717) is 16.9 Å². The number of hydrogen-bond acceptors (Lipinski definition) is 9. The Morgan fingerprint density at radius 3 is 2.53 bits per heavy atom. The van der Waals surface area contributed by atoms with E-state index in [-0.39, 0.29) is 12.6 Å². The zero-order valence-electron chi connectivity index (χ0n) is 20.5. The number of nitrogens with zero attached hydrogens (tertiary/aromatic N) is 6. The van der Waals surface area contributed by atoms with Gasteiger partial charge in [0.1, 0.15) is 5.52 Å². The van der Waals surface area contributed by atoms with Crippen molar-refractivity contribution < 1.29 is 5.11 Å². The second-order valence-corrected chi connectivity index (χ2v) is 9.59. The number of hydrogen-bond donors (Lipinski definition) is 3. The zero-order chi connectivity index (χ0) is 24.1. The number of fused-ring (bicyclic) bond motifs is 1. The molecule has 3 aromatic heterocycles. The van der Waals surface area contributed by atoms with Gasteiger partial charge < -0.3 is 21.1 Å². The summed E-state index contributed by atoms with van der Waals surface area (Å²) in [5.74, 6) is 0.715. The Morgan fingerprint density at radius 1 is 1.09 bits per heavy atom. The van der Waals surface area contributed by atoms with Crippen LogP contribution in [-0.4, -0.2) is 80.2 Å². The molecule has 0 radical (unpaired) electrons. The van der Waals surface area contributed by atoms with Gasteiger partial charge in [0.15, 0.2) is 5.82 Å². The Balaban J connectivity index is 1.54. The summed E-state index contributed by atoms with van der Waals surface area (Å²) in [5, 5.41) is 13.3. The second-order valence-electron chi connectivity index (χ2n) is 9.59. The highest BCUT2D eigenvalue weighted by molar-refractivity contribution is 5.89. The summed E-state index contributed by atoms with van der Waals surface area (Å²) in [7, 11) is 2.16. The molecule has 1 unspecified atom stereocenters. The molecule has 9 nitrogen and oxygen atoms in total. The molecule has 1 fully saturated rings. The summed E-state index contributed by atoms with van der Waals surface area (Å²) < 4.78 is 0. The topological polar surface area (TPSA) is 116 Å². The van der Waals surface area contributed by atoms with Gasteiger partial charge in [-0.05, 0) is 32.5 Å². The fourth-order valence-corrected chi connectivity index (χ4v) is 4.24. The van der Waals surface area contributed by atoms with Crippen molar-refractivity contribution in [1.29, 1.82) is 0 Å². The third kappa shape index (κ3) is 5.78. The molecule has 1 atom stereocenters. The third-order valence-corrected chi connectivity index (χ3v) is 6.54. The van der Waals surface area contributed by atoms with E-state index >= 15 is 0 Å². The average Bonchev–Trinajstić information content (AvgIpc) is 2.84. The number of nitrogen functional groups attached to an aromatic ring is 1. The Labute approximate surface area is 201 Å². The monoisotopic (exact) mass is 464 g/mol. The molecule has 34 heavy (non-hydrogen) atoms. The van der Waals surface area contributed by atoms with Crippen molar-refractivity contribution in [3.63, 3.8) is 0 Å². The smallest absolute Gasteiger partial charge is 0.222 e. The first-order valence-electron chi connectivity index (χ1n) is 12.1. The number of nitrogens with one attached hydrogen (secondary N) is 1. The number of aliphatic hydroxyl groups is 1. The summed E-state index contributed by atoms with van der Waals surface area (Å²) in [6.45, 7) is 9.30. The van der Waals surface area contributed by atoms with E-state index in [2.05, 4.69) is 56.2 Å². The molecule has 182 valence electrons. The minimum atomic E-state index is -0.506. The highest BCUT2D eigenvalue weighted by Gasteiger charge is 2.25. The number of unbranched alkanes of at least 4 members (excludes halogenated alkanes) is 1. The lowest BCUT2D eigenvalue weighted by Gasteiger charge is -2.32. The van der Waals surface area contributed by atoms with E-state index in [1.807, 2.05) is 25.4 Å². The first-order chi connectivity index (χ1) is 16.4. The van der Waals surface area contributed by atoms with Crippen LogP contribution >= 0.6 is 0 Å². The second kappa shape index (κ2) is 10.6. The number of pyridine rings is 2. The molecule has 0 spiro atoms. The predicted molar refractivity (Wildman–Crippen MR) is 136 cm³/mol. The molecule has 1 saturated heterocycles. The van der Waals surface area contributed by atoms with Gasteiger partial charge in [0.2, 0.25) is 5.95 Å². The average molecular weight is 465 g/mol. The normalized spacial score (nSPS) is 17.1. The molecule has 1 aliphatic heterocycles. The van der Waals surface area contributed by atoms with Crippen molar-refractivity contribution in [3.8, 4) is 11.1 Å². The number of likely N-dealkylation sites (N-methyl/N-ethyl adjacent to an activating group) is 1.